The molecule has 2 aliphatic heterocycles. The summed E-state index contributed by atoms with van der Waals surface area (Å²) in [5.41, 5.74) is 3.01. The molecule has 0 aliphatic carbocycles. The van der Waals surface area contributed by atoms with E-state index in [0.717, 1.165) is 16.9 Å². The van der Waals surface area contributed by atoms with Gasteiger partial charge >= 0.3 is 0 Å². The first-order valence-electron chi connectivity index (χ1n) is 10.1. The molecule has 1 aromatic heterocycles. The summed E-state index contributed by atoms with van der Waals surface area (Å²) in [4.78, 5) is 13.2. The van der Waals surface area contributed by atoms with Crippen LogP contribution >= 0.6 is 0 Å². The van der Waals surface area contributed by atoms with E-state index in [-0.39, 0.29) is 0 Å². The predicted molar refractivity (Wildman–Crippen MR) is 117 cm³/mol. The summed E-state index contributed by atoms with van der Waals surface area (Å²) in [5, 5.41) is 0. The van der Waals surface area contributed by atoms with Gasteiger partial charge < -0.3 is 14.5 Å². The van der Waals surface area contributed by atoms with E-state index in [1.807, 2.05) is 37.2 Å². The average Bonchev–Trinajstić information content (AvgIpc) is 2.80. The molecule has 0 bridgehead atoms. The predicted octanol–water partition coefficient (Wildman–Crippen LogP) is 0.909. The number of rotatable bonds is 5. The van der Waals surface area contributed by atoms with Crippen LogP contribution in [0.25, 0.3) is 11.3 Å². The first-order valence-corrected chi connectivity index (χ1v) is 11.5. The largest absolute Gasteiger partial charge is 0.379 e. The fourth-order valence-corrected chi connectivity index (χ4v) is 5.21. The minimum Gasteiger partial charge on any atom is -0.379 e. The van der Waals surface area contributed by atoms with Crippen molar-refractivity contribution in [3.05, 3.63) is 36.5 Å². The Hall–Kier alpha value is -2.27. The van der Waals surface area contributed by atoms with Gasteiger partial charge in [0, 0.05) is 70.8 Å². The minimum absolute atomic E-state index is 0.417. The Labute approximate surface area is 178 Å². The van der Waals surface area contributed by atoms with Crippen molar-refractivity contribution in [2.75, 3.05) is 76.4 Å². The van der Waals surface area contributed by atoms with Crippen molar-refractivity contribution in [2.45, 2.75) is 0 Å². The Morgan fingerprint density at radius 1 is 0.900 bits per heavy atom. The summed E-state index contributed by atoms with van der Waals surface area (Å²) >= 11 is 0. The number of benzene rings is 1. The van der Waals surface area contributed by atoms with Gasteiger partial charge in [0.25, 0.3) is 10.2 Å². The first-order chi connectivity index (χ1) is 14.4. The molecule has 0 atom stereocenters. The quantitative estimate of drug-likeness (QED) is 0.695. The van der Waals surface area contributed by atoms with E-state index in [2.05, 4.69) is 22.0 Å². The zero-order valence-corrected chi connectivity index (χ0v) is 18.3. The zero-order valence-electron chi connectivity index (χ0n) is 17.4. The van der Waals surface area contributed by atoms with Gasteiger partial charge in [-0.2, -0.15) is 17.0 Å². The second kappa shape index (κ2) is 8.84. The van der Waals surface area contributed by atoms with E-state index in [1.54, 1.807) is 10.5 Å². The first kappa shape index (κ1) is 21.0. The highest BCUT2D eigenvalue weighted by Crippen LogP contribution is 2.23. The van der Waals surface area contributed by atoms with Crippen molar-refractivity contribution in [1.82, 2.24) is 18.6 Å². The average molecular weight is 433 g/mol. The van der Waals surface area contributed by atoms with Crippen LogP contribution in [0.4, 0.5) is 11.6 Å². The van der Waals surface area contributed by atoms with Crippen LogP contribution in [-0.4, -0.2) is 93.6 Å². The van der Waals surface area contributed by atoms with E-state index in [4.69, 9.17) is 9.72 Å². The van der Waals surface area contributed by atoms with Crippen LogP contribution in [0.5, 0.6) is 0 Å². The molecule has 1 aromatic carbocycles. The van der Waals surface area contributed by atoms with Gasteiger partial charge in [-0.05, 0) is 18.2 Å². The molecule has 2 aromatic rings. The molecule has 0 saturated carbocycles. The fraction of sp³-hybridized carbons (Fsp3) is 0.500. The van der Waals surface area contributed by atoms with E-state index in [9.17, 15) is 8.42 Å². The number of aromatic nitrogens is 2. The number of hydrogen-bond donors (Lipinski definition) is 0. The maximum Gasteiger partial charge on any atom is 0.282 e. The Bertz CT molecular complexity index is 953. The van der Waals surface area contributed by atoms with Crippen LogP contribution in [0.3, 0.4) is 0 Å². The van der Waals surface area contributed by atoms with Gasteiger partial charge in [0.2, 0.25) is 5.95 Å². The van der Waals surface area contributed by atoms with Gasteiger partial charge in [-0.3, -0.25) is 0 Å². The Morgan fingerprint density at radius 3 is 2.17 bits per heavy atom. The number of hydrogen-bond acceptors (Lipinski definition) is 7. The number of morpholine rings is 1. The standard InChI is InChI=1S/C20H28N6O3S/c1-23(2)18-5-3-17(4-6-18)19-7-8-21-20(22-19)24-9-11-25(12-10-24)30(27,28)26-13-15-29-16-14-26/h3-8H,9-16H2,1-2H3. The maximum atomic E-state index is 12.8. The summed E-state index contributed by atoms with van der Waals surface area (Å²) in [5.74, 6) is 0.632. The molecule has 162 valence electrons. The second-order valence-electron chi connectivity index (χ2n) is 7.59. The topological polar surface area (TPSA) is 82.1 Å². The summed E-state index contributed by atoms with van der Waals surface area (Å²) in [6, 6.07) is 10.1. The molecule has 3 heterocycles. The zero-order chi connectivity index (χ0) is 21.1. The Kier molecular flexibility index (Phi) is 6.19. The van der Waals surface area contributed by atoms with Crippen LogP contribution in [-0.2, 0) is 14.9 Å². The van der Waals surface area contributed by atoms with Gasteiger partial charge in [0.1, 0.15) is 0 Å². The molecular weight excluding hydrogens is 404 g/mol. The highest BCUT2D eigenvalue weighted by Gasteiger charge is 2.33. The SMILES string of the molecule is CN(C)c1ccc(-c2ccnc(N3CCN(S(=O)(=O)N4CCOCC4)CC3)n2)cc1. The molecule has 0 spiro atoms. The van der Waals surface area contributed by atoms with Crippen LogP contribution in [0.1, 0.15) is 0 Å². The third-order valence-corrected chi connectivity index (χ3v) is 7.50. The van der Waals surface area contributed by atoms with Crippen LogP contribution in [0, 0.1) is 0 Å². The third-order valence-electron chi connectivity index (χ3n) is 5.47. The van der Waals surface area contributed by atoms with Crippen LogP contribution in [0.15, 0.2) is 36.5 Å². The van der Waals surface area contributed by atoms with Crippen molar-refractivity contribution in [3.63, 3.8) is 0 Å². The molecule has 2 aliphatic rings. The second-order valence-corrected chi connectivity index (χ2v) is 9.52. The summed E-state index contributed by atoms with van der Waals surface area (Å²) in [7, 11) is 0.583. The lowest BCUT2D eigenvalue weighted by Crippen LogP contribution is -2.55. The van der Waals surface area contributed by atoms with Gasteiger partial charge in [0.15, 0.2) is 0 Å². The third kappa shape index (κ3) is 4.41. The van der Waals surface area contributed by atoms with Crippen molar-refractivity contribution in [2.24, 2.45) is 0 Å². The molecule has 0 unspecified atom stereocenters. The molecule has 0 radical (unpaired) electrons. The van der Waals surface area contributed by atoms with Crippen molar-refractivity contribution < 1.29 is 13.2 Å². The van der Waals surface area contributed by atoms with Crippen molar-refractivity contribution in [1.29, 1.82) is 0 Å². The molecule has 0 N–H and O–H groups in total. The van der Waals surface area contributed by atoms with E-state index in [0.29, 0.717) is 58.4 Å². The van der Waals surface area contributed by atoms with Gasteiger partial charge in [-0.25, -0.2) is 9.97 Å². The van der Waals surface area contributed by atoms with Gasteiger partial charge in [-0.1, -0.05) is 12.1 Å². The summed E-state index contributed by atoms with van der Waals surface area (Å²) in [6.07, 6.45) is 1.76. The number of nitrogens with zero attached hydrogens (tertiary/aromatic N) is 6. The fourth-order valence-electron chi connectivity index (χ4n) is 3.65. The molecule has 9 nitrogen and oxygen atoms in total. The summed E-state index contributed by atoms with van der Waals surface area (Å²) in [6.45, 7) is 3.71. The van der Waals surface area contributed by atoms with E-state index >= 15 is 0 Å². The van der Waals surface area contributed by atoms with Crippen LogP contribution in [0.2, 0.25) is 0 Å². The Morgan fingerprint density at radius 2 is 1.53 bits per heavy atom. The highest BCUT2D eigenvalue weighted by molar-refractivity contribution is 7.86. The number of ether oxygens (including phenoxy) is 1. The number of anilines is 2. The van der Waals surface area contributed by atoms with Crippen molar-refractivity contribution >= 4 is 21.8 Å². The summed E-state index contributed by atoms with van der Waals surface area (Å²) < 4.78 is 34.0. The molecule has 30 heavy (non-hydrogen) atoms. The Balaban J connectivity index is 1.43. The van der Waals surface area contributed by atoms with E-state index in [1.165, 1.54) is 4.31 Å². The maximum absolute atomic E-state index is 12.8. The number of piperazine rings is 1. The lowest BCUT2D eigenvalue weighted by molar-refractivity contribution is 0.0700. The lowest BCUT2D eigenvalue weighted by Gasteiger charge is -2.37. The highest BCUT2D eigenvalue weighted by atomic mass is 32.2. The van der Waals surface area contributed by atoms with E-state index < -0.39 is 10.2 Å². The molecule has 4 rings (SSSR count). The molecular formula is C20H28N6O3S. The normalized spacial score (nSPS) is 19.1. The minimum atomic E-state index is -3.44. The van der Waals surface area contributed by atoms with Gasteiger partial charge in [0.05, 0.1) is 18.9 Å². The van der Waals surface area contributed by atoms with Crippen molar-refractivity contribution in [3.8, 4) is 11.3 Å². The molecule has 10 heteroatoms. The monoisotopic (exact) mass is 432 g/mol. The molecule has 2 saturated heterocycles. The lowest BCUT2D eigenvalue weighted by atomic mass is 10.1. The van der Waals surface area contributed by atoms with Crippen LogP contribution < -0.4 is 9.80 Å². The smallest absolute Gasteiger partial charge is 0.282 e. The molecule has 2 fully saturated rings. The molecule has 0 amide bonds. The van der Waals surface area contributed by atoms with Gasteiger partial charge in [-0.15, -0.1) is 0 Å².